The zero-order valence-corrected chi connectivity index (χ0v) is 21.7. The van der Waals surface area contributed by atoms with E-state index in [2.05, 4.69) is 4.90 Å². The molecule has 35 heavy (non-hydrogen) atoms. The zero-order chi connectivity index (χ0) is 24.8. The first kappa shape index (κ1) is 25.8. The number of carbonyl (C=O) groups excluding carboxylic acids is 1. The molecule has 0 saturated carbocycles. The molecule has 0 aromatic heterocycles. The maximum absolute atomic E-state index is 13.0. The summed E-state index contributed by atoms with van der Waals surface area (Å²) in [6.07, 6.45) is -0.147. The van der Waals surface area contributed by atoms with Gasteiger partial charge in [0.2, 0.25) is 0 Å². The third-order valence-electron chi connectivity index (χ3n) is 6.07. The smallest absolute Gasteiger partial charge is 0.255 e. The number of halogens is 3. The third-order valence-corrected chi connectivity index (χ3v) is 6.87. The van der Waals surface area contributed by atoms with E-state index in [1.165, 1.54) is 0 Å². The van der Waals surface area contributed by atoms with Crippen molar-refractivity contribution in [2.45, 2.75) is 12.7 Å². The number of hydrogen-bond donors (Lipinski definition) is 0. The van der Waals surface area contributed by atoms with Crippen molar-refractivity contribution in [1.29, 1.82) is 0 Å². The van der Waals surface area contributed by atoms with Crippen molar-refractivity contribution in [2.75, 3.05) is 39.8 Å². The Balaban J connectivity index is 1.40. The molecule has 0 bridgehead atoms. The second kappa shape index (κ2) is 12.1. The van der Waals surface area contributed by atoms with Crippen LogP contribution in [-0.4, -0.2) is 55.5 Å². The van der Waals surface area contributed by atoms with Crippen LogP contribution in [0.3, 0.4) is 0 Å². The maximum Gasteiger partial charge on any atom is 0.255 e. The molecular formula is C27H27Cl3N2O3. The fraction of sp³-hybridized carbons (Fsp3) is 0.296. The van der Waals surface area contributed by atoms with Crippen molar-refractivity contribution >= 4 is 40.7 Å². The minimum atomic E-state index is -0.147. The van der Waals surface area contributed by atoms with Gasteiger partial charge in [0.1, 0.15) is 5.75 Å². The zero-order valence-electron chi connectivity index (χ0n) is 19.4. The Hall–Kier alpha value is -2.28. The average Bonchev–Trinajstić information content (AvgIpc) is 2.87. The van der Waals surface area contributed by atoms with E-state index in [4.69, 9.17) is 44.3 Å². The van der Waals surface area contributed by atoms with Crippen molar-refractivity contribution in [1.82, 2.24) is 9.80 Å². The molecule has 1 aliphatic rings. The molecule has 0 spiro atoms. The van der Waals surface area contributed by atoms with E-state index in [0.717, 1.165) is 30.0 Å². The van der Waals surface area contributed by atoms with Gasteiger partial charge in [-0.25, -0.2) is 0 Å². The molecule has 3 aromatic rings. The number of piperazine rings is 1. The molecule has 0 radical (unpaired) electrons. The number of nitrogens with zero attached hydrogens (tertiary/aromatic N) is 2. The molecule has 184 valence electrons. The number of rotatable bonds is 8. The van der Waals surface area contributed by atoms with Crippen molar-refractivity contribution < 1.29 is 14.3 Å². The number of benzene rings is 3. The van der Waals surface area contributed by atoms with E-state index < -0.39 is 0 Å². The van der Waals surface area contributed by atoms with Crippen LogP contribution in [0.15, 0.2) is 66.7 Å². The molecule has 1 saturated heterocycles. The topological polar surface area (TPSA) is 42.0 Å². The highest BCUT2D eigenvalue weighted by atomic mass is 35.5. The van der Waals surface area contributed by atoms with Crippen LogP contribution in [0, 0.1) is 0 Å². The first-order valence-electron chi connectivity index (χ1n) is 11.4. The SMILES string of the molecule is COc1cccc(COC(CN2CCN(C(=O)c3ccc(Cl)cc3Cl)CC2)c2ccc(Cl)cc2)c1. The lowest BCUT2D eigenvalue weighted by molar-refractivity contribution is 0.00338. The van der Waals surface area contributed by atoms with Crippen LogP contribution in [-0.2, 0) is 11.3 Å². The summed E-state index contributed by atoms with van der Waals surface area (Å²) >= 11 is 18.3. The number of hydrogen-bond acceptors (Lipinski definition) is 4. The van der Waals surface area contributed by atoms with Crippen molar-refractivity contribution in [3.63, 3.8) is 0 Å². The lowest BCUT2D eigenvalue weighted by atomic mass is 10.1. The van der Waals surface area contributed by atoms with Gasteiger partial charge in [0.15, 0.2) is 0 Å². The molecule has 1 fully saturated rings. The Morgan fingerprint density at radius 1 is 0.914 bits per heavy atom. The Kier molecular flexibility index (Phi) is 8.93. The molecule has 4 rings (SSSR count). The number of amides is 1. The van der Waals surface area contributed by atoms with Crippen LogP contribution in [0.2, 0.25) is 15.1 Å². The van der Waals surface area contributed by atoms with Gasteiger partial charge in [-0.1, -0.05) is 59.1 Å². The normalized spacial score (nSPS) is 15.1. The summed E-state index contributed by atoms with van der Waals surface area (Å²) in [5.74, 6) is 0.727. The summed E-state index contributed by atoms with van der Waals surface area (Å²) < 4.78 is 11.7. The van der Waals surface area contributed by atoms with Gasteiger partial charge in [-0.2, -0.15) is 0 Å². The highest BCUT2D eigenvalue weighted by Gasteiger charge is 2.26. The van der Waals surface area contributed by atoms with E-state index >= 15 is 0 Å². The Morgan fingerprint density at radius 2 is 1.63 bits per heavy atom. The van der Waals surface area contributed by atoms with Crippen molar-refractivity contribution in [3.05, 3.63) is 98.5 Å². The van der Waals surface area contributed by atoms with Crippen LogP contribution >= 0.6 is 34.8 Å². The van der Waals surface area contributed by atoms with E-state index in [0.29, 0.717) is 46.9 Å². The van der Waals surface area contributed by atoms with Gasteiger partial charge in [-0.15, -0.1) is 0 Å². The molecule has 1 atom stereocenters. The van der Waals surface area contributed by atoms with Crippen LogP contribution in [0.4, 0.5) is 0 Å². The second-order valence-electron chi connectivity index (χ2n) is 8.42. The van der Waals surface area contributed by atoms with Gasteiger partial charge in [0, 0.05) is 42.8 Å². The molecule has 1 heterocycles. The number of methoxy groups -OCH3 is 1. The summed E-state index contributed by atoms with van der Waals surface area (Å²) in [6, 6.07) is 20.6. The summed E-state index contributed by atoms with van der Waals surface area (Å²) in [6.45, 7) is 3.86. The number of carbonyl (C=O) groups is 1. The van der Waals surface area contributed by atoms with Crippen molar-refractivity contribution in [3.8, 4) is 5.75 Å². The van der Waals surface area contributed by atoms with Crippen LogP contribution in [0.5, 0.6) is 5.75 Å². The molecule has 3 aromatic carbocycles. The standard InChI is InChI=1S/C27H27Cl3N2O3/c1-34-23-4-2-3-19(15-23)18-35-26(20-5-7-21(28)8-6-20)17-31-11-13-32(14-12-31)27(33)24-10-9-22(29)16-25(24)30/h2-10,15-16,26H,11-14,17-18H2,1H3. The molecule has 0 N–H and O–H groups in total. The monoisotopic (exact) mass is 532 g/mol. The van der Waals surface area contributed by atoms with Crippen LogP contribution in [0.25, 0.3) is 0 Å². The Labute approximate surface area is 221 Å². The van der Waals surface area contributed by atoms with E-state index in [1.807, 2.05) is 53.4 Å². The third kappa shape index (κ3) is 6.90. The van der Waals surface area contributed by atoms with Crippen molar-refractivity contribution in [2.24, 2.45) is 0 Å². The maximum atomic E-state index is 13.0. The minimum Gasteiger partial charge on any atom is -0.497 e. The van der Waals surface area contributed by atoms with Gasteiger partial charge in [0.05, 0.1) is 30.4 Å². The van der Waals surface area contributed by atoms with Gasteiger partial charge >= 0.3 is 0 Å². The van der Waals surface area contributed by atoms with Crippen LogP contribution in [0.1, 0.15) is 27.6 Å². The molecule has 0 aliphatic carbocycles. The summed E-state index contributed by atoms with van der Waals surface area (Å²) in [7, 11) is 1.65. The predicted molar refractivity (Wildman–Crippen MR) is 141 cm³/mol. The lowest BCUT2D eigenvalue weighted by Crippen LogP contribution is -2.49. The van der Waals surface area contributed by atoms with E-state index in [-0.39, 0.29) is 12.0 Å². The summed E-state index contributed by atoms with van der Waals surface area (Å²) in [4.78, 5) is 17.1. The molecule has 1 aliphatic heterocycles. The lowest BCUT2D eigenvalue weighted by Gasteiger charge is -2.36. The number of ether oxygens (including phenoxy) is 2. The van der Waals surface area contributed by atoms with Gasteiger partial charge in [0.25, 0.3) is 5.91 Å². The minimum absolute atomic E-state index is 0.0742. The Morgan fingerprint density at radius 3 is 2.31 bits per heavy atom. The van der Waals surface area contributed by atoms with E-state index in [1.54, 1.807) is 25.3 Å². The second-order valence-corrected chi connectivity index (χ2v) is 9.70. The fourth-order valence-corrected chi connectivity index (χ4v) is 4.71. The van der Waals surface area contributed by atoms with Gasteiger partial charge < -0.3 is 14.4 Å². The molecule has 5 nitrogen and oxygen atoms in total. The highest BCUT2D eigenvalue weighted by molar-refractivity contribution is 6.36. The molecule has 1 unspecified atom stereocenters. The molecule has 1 amide bonds. The van der Waals surface area contributed by atoms with Gasteiger partial charge in [-0.3, -0.25) is 9.69 Å². The highest BCUT2D eigenvalue weighted by Crippen LogP contribution is 2.26. The quantitative estimate of drug-likeness (QED) is 0.337. The summed E-state index contributed by atoms with van der Waals surface area (Å²) in [5.41, 5.74) is 2.58. The largest absolute Gasteiger partial charge is 0.497 e. The molecular weight excluding hydrogens is 507 g/mol. The Bertz CT molecular complexity index is 1150. The average molecular weight is 534 g/mol. The summed E-state index contributed by atoms with van der Waals surface area (Å²) in [5, 5.41) is 1.57. The first-order valence-corrected chi connectivity index (χ1v) is 12.5. The van der Waals surface area contributed by atoms with Crippen LogP contribution < -0.4 is 4.74 Å². The van der Waals surface area contributed by atoms with E-state index in [9.17, 15) is 4.79 Å². The molecule has 8 heteroatoms. The predicted octanol–water partition coefficient (Wildman–Crippen LogP) is 6.37. The van der Waals surface area contributed by atoms with Gasteiger partial charge in [-0.05, 0) is 53.6 Å². The first-order chi connectivity index (χ1) is 16.9. The fourth-order valence-electron chi connectivity index (χ4n) is 4.09.